The Kier molecular flexibility index (Phi) is 5.82. The molecule has 0 bridgehead atoms. The molecule has 1 aromatic rings. The Morgan fingerprint density at radius 2 is 2.10 bits per heavy atom. The van der Waals surface area contributed by atoms with Crippen LogP contribution in [0.3, 0.4) is 0 Å². The fraction of sp³-hybridized carbons (Fsp3) is 0.706. The smallest absolute Gasteiger partial charge is 0.241 e. The highest BCUT2D eigenvalue weighted by Gasteiger charge is 2.41. The van der Waals surface area contributed by atoms with Crippen molar-refractivity contribution in [2.45, 2.75) is 78.0 Å². The largest absolute Gasteiger partial charge is 0.318 e. The molecule has 1 aliphatic rings. The molecule has 21 heavy (non-hydrogen) atoms. The topological polar surface area (TPSA) is 32.3 Å². The molecule has 1 aliphatic heterocycles. The lowest BCUT2D eigenvalue weighted by Gasteiger charge is -2.29. The van der Waals surface area contributed by atoms with Crippen LogP contribution in [0.15, 0.2) is 12.1 Å². The van der Waals surface area contributed by atoms with Crippen molar-refractivity contribution in [3.8, 4) is 0 Å². The fourth-order valence-corrected chi connectivity index (χ4v) is 4.05. The first-order valence-corrected chi connectivity index (χ1v) is 9.04. The molecule has 1 saturated heterocycles. The molecule has 0 radical (unpaired) electrons. The first kappa shape index (κ1) is 16.5. The molecule has 0 saturated carbocycles. The van der Waals surface area contributed by atoms with Gasteiger partial charge in [0.25, 0.3) is 0 Å². The highest BCUT2D eigenvalue weighted by molar-refractivity contribution is 7.12. The summed E-state index contributed by atoms with van der Waals surface area (Å²) >= 11 is 1.80. The molecule has 0 aromatic carbocycles. The molecule has 1 aromatic heterocycles. The second kappa shape index (κ2) is 7.41. The van der Waals surface area contributed by atoms with E-state index in [0.29, 0.717) is 11.9 Å². The highest BCUT2D eigenvalue weighted by Crippen LogP contribution is 2.33. The maximum Gasteiger partial charge on any atom is 0.241 e. The van der Waals surface area contributed by atoms with E-state index in [1.165, 1.54) is 9.75 Å². The van der Waals surface area contributed by atoms with Crippen molar-refractivity contribution in [3.05, 3.63) is 21.9 Å². The summed E-state index contributed by atoms with van der Waals surface area (Å²) in [5.74, 6) is 0.292. The third-order valence-corrected chi connectivity index (χ3v) is 5.30. The Balaban J connectivity index is 2.20. The molecule has 0 aliphatic carbocycles. The Labute approximate surface area is 132 Å². The third-order valence-electron chi connectivity index (χ3n) is 4.25. The molecular formula is C17H28N2OS. The molecular weight excluding hydrogens is 280 g/mol. The molecule has 1 N–H and O–H groups in total. The minimum atomic E-state index is -0.00309. The van der Waals surface area contributed by atoms with E-state index in [0.717, 1.165) is 32.1 Å². The van der Waals surface area contributed by atoms with Crippen molar-refractivity contribution >= 4 is 17.2 Å². The van der Waals surface area contributed by atoms with Crippen LogP contribution < -0.4 is 5.32 Å². The van der Waals surface area contributed by atoms with Gasteiger partial charge >= 0.3 is 0 Å². The van der Waals surface area contributed by atoms with E-state index >= 15 is 0 Å². The first-order valence-electron chi connectivity index (χ1n) is 8.23. The van der Waals surface area contributed by atoms with Crippen molar-refractivity contribution in [2.75, 3.05) is 0 Å². The number of hydrogen-bond acceptors (Lipinski definition) is 3. The minimum Gasteiger partial charge on any atom is -0.318 e. The number of amides is 1. The summed E-state index contributed by atoms with van der Waals surface area (Å²) < 4.78 is 0. The summed E-state index contributed by atoms with van der Waals surface area (Å²) in [6.45, 7) is 8.67. The van der Waals surface area contributed by atoms with Crippen molar-refractivity contribution in [1.82, 2.24) is 10.2 Å². The van der Waals surface area contributed by atoms with Gasteiger partial charge in [-0.1, -0.05) is 33.1 Å². The van der Waals surface area contributed by atoms with Gasteiger partial charge in [0.05, 0.1) is 6.04 Å². The van der Waals surface area contributed by atoms with E-state index in [1.54, 1.807) is 11.3 Å². The minimum absolute atomic E-state index is 0.00309. The van der Waals surface area contributed by atoms with Gasteiger partial charge in [-0.05, 0) is 38.8 Å². The number of nitrogens with one attached hydrogen (secondary N) is 1. The van der Waals surface area contributed by atoms with Crippen LogP contribution in [0.4, 0.5) is 0 Å². The second-order valence-corrected chi connectivity index (χ2v) is 7.42. The predicted octanol–water partition coefficient (Wildman–Crippen LogP) is 4.23. The Morgan fingerprint density at radius 3 is 2.67 bits per heavy atom. The lowest BCUT2D eigenvalue weighted by molar-refractivity contribution is -0.132. The maximum atomic E-state index is 12.8. The van der Waals surface area contributed by atoms with Gasteiger partial charge in [0.2, 0.25) is 5.91 Å². The number of rotatable bonds is 7. The Morgan fingerprint density at radius 1 is 1.33 bits per heavy atom. The van der Waals surface area contributed by atoms with Gasteiger partial charge < -0.3 is 4.90 Å². The highest BCUT2D eigenvalue weighted by atomic mass is 32.1. The number of nitrogens with zero attached hydrogens (tertiary/aromatic N) is 1. The Hall–Kier alpha value is -0.870. The average Bonchev–Trinajstić information content (AvgIpc) is 3.01. The zero-order chi connectivity index (χ0) is 15.4. The number of hydrogen-bond donors (Lipinski definition) is 1. The van der Waals surface area contributed by atoms with Gasteiger partial charge in [-0.25, -0.2) is 0 Å². The van der Waals surface area contributed by atoms with Crippen LogP contribution in [0.1, 0.15) is 68.8 Å². The Bertz CT molecular complexity index is 471. The average molecular weight is 308 g/mol. The monoisotopic (exact) mass is 308 g/mol. The molecule has 2 heterocycles. The van der Waals surface area contributed by atoms with Crippen molar-refractivity contribution in [2.24, 2.45) is 0 Å². The van der Waals surface area contributed by atoms with E-state index in [1.807, 2.05) is 0 Å². The normalized spacial score (nSPS) is 23.8. The summed E-state index contributed by atoms with van der Waals surface area (Å²) in [7, 11) is 0. The summed E-state index contributed by atoms with van der Waals surface area (Å²) in [4.78, 5) is 17.5. The van der Waals surface area contributed by atoms with Gasteiger partial charge in [0.15, 0.2) is 0 Å². The number of unbranched alkanes of at least 4 members (excludes halogenated alkanes) is 1. The quantitative estimate of drug-likeness (QED) is 0.817. The molecule has 0 spiro atoms. The third kappa shape index (κ3) is 3.67. The number of thiophene rings is 1. The van der Waals surface area contributed by atoms with Crippen LogP contribution in [0.25, 0.3) is 0 Å². The molecule has 3 nitrogen and oxygen atoms in total. The van der Waals surface area contributed by atoms with Crippen molar-refractivity contribution in [1.29, 1.82) is 0 Å². The predicted molar refractivity (Wildman–Crippen MR) is 89.5 cm³/mol. The van der Waals surface area contributed by atoms with Gasteiger partial charge in [0, 0.05) is 15.8 Å². The van der Waals surface area contributed by atoms with Crippen LogP contribution in [0, 0.1) is 6.92 Å². The van der Waals surface area contributed by atoms with Gasteiger partial charge in [-0.15, -0.1) is 11.3 Å². The molecule has 1 fully saturated rings. The lowest BCUT2D eigenvalue weighted by Crippen LogP contribution is -2.38. The maximum absolute atomic E-state index is 12.8. The molecule has 1 amide bonds. The fourth-order valence-electron chi connectivity index (χ4n) is 3.11. The molecule has 3 atom stereocenters. The van der Waals surface area contributed by atoms with E-state index in [4.69, 9.17) is 0 Å². The zero-order valence-electron chi connectivity index (χ0n) is 13.7. The zero-order valence-corrected chi connectivity index (χ0v) is 14.5. The van der Waals surface area contributed by atoms with Crippen molar-refractivity contribution in [3.63, 3.8) is 0 Å². The molecule has 4 heteroatoms. The SMILES string of the molecule is CCCCC1NC(c2ccc(C)s2)N(C(C)CCC)C1=O. The number of aryl methyl sites for hydroxylation is 1. The van der Waals surface area contributed by atoms with Crippen LogP contribution in [-0.4, -0.2) is 22.9 Å². The summed E-state index contributed by atoms with van der Waals surface area (Å²) in [6.07, 6.45) is 5.44. The van der Waals surface area contributed by atoms with Crippen molar-refractivity contribution < 1.29 is 4.79 Å². The van der Waals surface area contributed by atoms with E-state index < -0.39 is 0 Å². The number of carbonyl (C=O) groups excluding carboxylic acids is 1. The lowest BCUT2D eigenvalue weighted by atomic mass is 10.1. The van der Waals surface area contributed by atoms with Crippen LogP contribution in [0.5, 0.6) is 0 Å². The van der Waals surface area contributed by atoms with E-state index in [-0.39, 0.29) is 12.2 Å². The summed E-state index contributed by atoms with van der Waals surface area (Å²) in [5.41, 5.74) is 0. The van der Waals surface area contributed by atoms with Gasteiger partial charge in [-0.3, -0.25) is 10.1 Å². The van der Waals surface area contributed by atoms with Crippen LogP contribution >= 0.6 is 11.3 Å². The number of carbonyl (C=O) groups is 1. The van der Waals surface area contributed by atoms with Crippen LogP contribution in [0.2, 0.25) is 0 Å². The van der Waals surface area contributed by atoms with Crippen LogP contribution in [-0.2, 0) is 4.79 Å². The summed E-state index contributed by atoms with van der Waals surface area (Å²) in [5, 5.41) is 3.58. The first-order chi connectivity index (χ1) is 10.1. The molecule has 2 rings (SSSR count). The second-order valence-electron chi connectivity index (χ2n) is 6.10. The standard InChI is InChI=1S/C17H28N2OS/c1-5-7-9-14-17(20)19(12(3)8-6-2)16(18-14)15-11-10-13(4)21-15/h10-12,14,16,18H,5-9H2,1-4H3. The van der Waals surface area contributed by atoms with Gasteiger partial charge in [0.1, 0.15) is 6.17 Å². The van der Waals surface area contributed by atoms with E-state index in [2.05, 4.69) is 50.0 Å². The molecule has 118 valence electrons. The van der Waals surface area contributed by atoms with Gasteiger partial charge in [-0.2, -0.15) is 0 Å². The molecule has 3 unspecified atom stereocenters. The van der Waals surface area contributed by atoms with E-state index in [9.17, 15) is 4.79 Å². The summed E-state index contributed by atoms with van der Waals surface area (Å²) in [6, 6.07) is 4.61.